The molecule has 2 atom stereocenters. The highest BCUT2D eigenvalue weighted by Gasteiger charge is 2.37. The van der Waals surface area contributed by atoms with Crippen LogP contribution in [0.15, 0.2) is 36.4 Å². The van der Waals surface area contributed by atoms with E-state index in [2.05, 4.69) is 0 Å². The maximum Gasteiger partial charge on any atom is 0.341 e. The lowest BCUT2D eigenvalue weighted by Crippen LogP contribution is -2.11. The largest absolute Gasteiger partial charge is 0.341 e. The lowest BCUT2D eigenvalue weighted by atomic mass is 10.00. The number of hydrogen-bond acceptors (Lipinski definition) is 4. The van der Waals surface area contributed by atoms with Crippen LogP contribution in [0.1, 0.15) is 18.6 Å². The van der Waals surface area contributed by atoms with Crippen LogP contribution in [0.3, 0.4) is 0 Å². The maximum atomic E-state index is 12.2. The molecule has 0 spiro atoms. The fraction of sp³-hybridized carbons (Fsp3) is 0.286. The zero-order chi connectivity index (χ0) is 15.9. The molecule has 2 N–H and O–H groups in total. The van der Waals surface area contributed by atoms with Crippen LogP contribution in [-0.4, -0.2) is 22.7 Å². The lowest BCUT2D eigenvalue weighted by Gasteiger charge is -2.20. The molecule has 1 aliphatic heterocycles. The molecule has 1 fully saturated rings. The lowest BCUT2D eigenvalue weighted by molar-refractivity contribution is -0.383. The summed E-state index contributed by atoms with van der Waals surface area (Å²) in [5, 5.41) is 12.4. The molecule has 0 aromatic heterocycles. The van der Waals surface area contributed by atoms with E-state index in [1.165, 1.54) is 6.07 Å². The summed E-state index contributed by atoms with van der Waals surface area (Å²) in [6.07, 6.45) is -0.526. The van der Waals surface area contributed by atoms with Crippen molar-refractivity contribution >= 4 is 24.1 Å². The van der Waals surface area contributed by atoms with Crippen molar-refractivity contribution in [3.63, 3.8) is 0 Å². The molecule has 0 amide bonds. The van der Waals surface area contributed by atoms with Crippen LogP contribution in [0, 0.1) is 10.1 Å². The first-order chi connectivity index (χ1) is 10.4. The number of nitrogens with two attached hydrogens (primary N) is 1. The summed E-state index contributed by atoms with van der Waals surface area (Å²) >= 11 is 0. The Hall–Kier alpha value is -1.79. The quantitative estimate of drug-likeness (QED) is 0.393. The average Bonchev–Trinajstić information content (AvgIpc) is 3.30. The predicted molar refractivity (Wildman–Crippen MR) is 83.5 cm³/mol. The molecule has 1 unspecified atom stereocenters. The minimum absolute atomic E-state index is 0.0356. The first kappa shape index (κ1) is 15.1. The van der Waals surface area contributed by atoms with Crippen LogP contribution in [0.4, 0.5) is 5.69 Å². The molecule has 22 heavy (non-hydrogen) atoms. The third-order valence-electron chi connectivity index (χ3n) is 3.70. The second kappa shape index (κ2) is 5.44. The second-order valence-corrected chi connectivity index (χ2v) is 7.15. The van der Waals surface area contributed by atoms with Gasteiger partial charge in [-0.2, -0.15) is 0 Å². The number of hydrogen-bond donors (Lipinski definition) is 1. The SMILES string of the molecule is C[C@@H](OP(N)(=O)N1CC1)c1ccc([N+](=O)[O-])c2ccccc12. The Kier molecular flexibility index (Phi) is 3.74. The van der Waals surface area contributed by atoms with Crippen molar-refractivity contribution < 1.29 is 14.0 Å². The molecule has 0 radical (unpaired) electrons. The molecule has 3 rings (SSSR count). The molecule has 0 aliphatic carbocycles. The molecule has 116 valence electrons. The minimum atomic E-state index is -3.28. The Bertz CT molecular complexity index is 791. The van der Waals surface area contributed by atoms with Gasteiger partial charge < -0.3 is 0 Å². The first-order valence-corrected chi connectivity index (χ1v) is 8.53. The second-order valence-electron chi connectivity index (χ2n) is 5.24. The summed E-state index contributed by atoms with van der Waals surface area (Å²) in [6, 6.07) is 10.1. The van der Waals surface area contributed by atoms with E-state index in [0.717, 1.165) is 5.56 Å². The van der Waals surface area contributed by atoms with E-state index in [1.54, 1.807) is 41.9 Å². The Balaban J connectivity index is 2.02. The summed E-state index contributed by atoms with van der Waals surface area (Å²) in [4.78, 5) is 10.7. The molecule has 2 aromatic carbocycles. The monoisotopic (exact) mass is 321 g/mol. The minimum Gasteiger partial charge on any atom is -0.298 e. The summed E-state index contributed by atoms with van der Waals surface area (Å²) < 4.78 is 19.4. The average molecular weight is 321 g/mol. The fourth-order valence-corrected chi connectivity index (χ4v) is 3.84. The molecule has 1 saturated heterocycles. The van der Waals surface area contributed by atoms with Crippen molar-refractivity contribution in [1.29, 1.82) is 0 Å². The van der Waals surface area contributed by atoms with Crippen molar-refractivity contribution in [3.8, 4) is 0 Å². The fourth-order valence-electron chi connectivity index (χ4n) is 2.49. The molecule has 1 heterocycles. The molecular weight excluding hydrogens is 305 g/mol. The Morgan fingerprint density at radius 1 is 1.27 bits per heavy atom. The summed E-state index contributed by atoms with van der Waals surface area (Å²) in [5.41, 5.74) is 6.50. The standard InChI is InChI=1S/C14H16N3O4P/c1-10(21-22(15,20)16-8-9-16)11-6-7-14(17(18)19)13-5-3-2-4-12(11)13/h2-7,10H,8-9H2,1H3,(H2,15,20)/t10-,22?/m1/s1. The van der Waals surface area contributed by atoms with Crippen LogP contribution in [0.25, 0.3) is 10.8 Å². The molecule has 2 aromatic rings. The van der Waals surface area contributed by atoms with Gasteiger partial charge in [-0.1, -0.05) is 18.2 Å². The highest BCUT2D eigenvalue weighted by atomic mass is 31.2. The molecule has 0 bridgehead atoms. The third kappa shape index (κ3) is 2.76. The normalized spacial score (nSPS) is 18.8. The summed E-state index contributed by atoms with van der Waals surface area (Å²) in [6.45, 7) is 3.08. The molecule has 7 nitrogen and oxygen atoms in total. The highest BCUT2D eigenvalue weighted by Crippen LogP contribution is 2.51. The van der Waals surface area contributed by atoms with Gasteiger partial charge in [0, 0.05) is 19.2 Å². The van der Waals surface area contributed by atoms with Crippen molar-refractivity contribution in [3.05, 3.63) is 52.1 Å². The van der Waals surface area contributed by atoms with Gasteiger partial charge in [-0.15, -0.1) is 0 Å². The van der Waals surface area contributed by atoms with Gasteiger partial charge in [0.2, 0.25) is 0 Å². The van der Waals surface area contributed by atoms with E-state index in [-0.39, 0.29) is 5.69 Å². The van der Waals surface area contributed by atoms with Crippen molar-refractivity contribution in [2.24, 2.45) is 5.50 Å². The van der Waals surface area contributed by atoms with E-state index in [9.17, 15) is 14.7 Å². The van der Waals surface area contributed by atoms with Crippen LogP contribution in [0.5, 0.6) is 0 Å². The van der Waals surface area contributed by atoms with E-state index in [0.29, 0.717) is 23.9 Å². The van der Waals surface area contributed by atoms with Gasteiger partial charge in [-0.25, -0.2) is 10.2 Å². The topological polar surface area (TPSA) is 98.5 Å². The van der Waals surface area contributed by atoms with Crippen molar-refractivity contribution in [2.75, 3.05) is 13.1 Å². The Morgan fingerprint density at radius 2 is 1.91 bits per heavy atom. The first-order valence-electron chi connectivity index (χ1n) is 6.88. The van der Waals surface area contributed by atoms with Gasteiger partial charge in [0.15, 0.2) is 0 Å². The molecule has 1 aliphatic rings. The van der Waals surface area contributed by atoms with E-state index >= 15 is 0 Å². The van der Waals surface area contributed by atoms with Crippen molar-refractivity contribution in [2.45, 2.75) is 13.0 Å². The highest BCUT2D eigenvalue weighted by molar-refractivity contribution is 7.54. The number of rotatable bonds is 5. The maximum absolute atomic E-state index is 12.2. The van der Waals surface area contributed by atoms with Crippen LogP contribution in [0.2, 0.25) is 0 Å². The van der Waals surface area contributed by atoms with Gasteiger partial charge in [0.05, 0.1) is 16.4 Å². The van der Waals surface area contributed by atoms with Crippen LogP contribution in [-0.2, 0) is 9.09 Å². The van der Waals surface area contributed by atoms with Gasteiger partial charge in [0.1, 0.15) is 0 Å². The molecular formula is C14H16N3O4P. The number of non-ortho nitro benzene ring substituents is 1. The van der Waals surface area contributed by atoms with Crippen LogP contribution < -0.4 is 5.50 Å². The van der Waals surface area contributed by atoms with Gasteiger partial charge >= 0.3 is 7.67 Å². The summed E-state index contributed by atoms with van der Waals surface area (Å²) in [7, 11) is -3.28. The van der Waals surface area contributed by atoms with Gasteiger partial charge in [-0.05, 0) is 30.0 Å². The van der Waals surface area contributed by atoms with Gasteiger partial charge in [0.25, 0.3) is 5.69 Å². The Labute approximate surface area is 127 Å². The van der Waals surface area contributed by atoms with Crippen LogP contribution >= 0.6 is 7.67 Å². The predicted octanol–water partition coefficient (Wildman–Crippen LogP) is 3.21. The number of nitro benzene ring substituents is 1. The zero-order valence-electron chi connectivity index (χ0n) is 12.0. The molecule has 8 heteroatoms. The smallest absolute Gasteiger partial charge is 0.298 e. The zero-order valence-corrected chi connectivity index (χ0v) is 12.9. The molecule has 0 saturated carbocycles. The van der Waals surface area contributed by atoms with E-state index < -0.39 is 18.7 Å². The Morgan fingerprint density at radius 3 is 2.50 bits per heavy atom. The van der Waals surface area contributed by atoms with Crippen molar-refractivity contribution in [1.82, 2.24) is 4.67 Å². The summed E-state index contributed by atoms with van der Waals surface area (Å²) in [5.74, 6) is 0. The third-order valence-corrected chi connectivity index (χ3v) is 5.50. The van der Waals surface area contributed by atoms with E-state index in [4.69, 9.17) is 10.0 Å². The van der Waals surface area contributed by atoms with Gasteiger partial charge in [-0.3, -0.25) is 19.2 Å². The number of nitrogens with zero attached hydrogens (tertiary/aromatic N) is 2. The van der Waals surface area contributed by atoms with E-state index in [1.807, 2.05) is 0 Å². The number of fused-ring (bicyclic) bond motifs is 1. The number of benzene rings is 2. The number of nitro groups is 1.